The van der Waals surface area contributed by atoms with Crippen molar-refractivity contribution in [2.45, 2.75) is 63.9 Å². The van der Waals surface area contributed by atoms with Gasteiger partial charge >= 0.3 is 12.3 Å². The predicted octanol–water partition coefficient (Wildman–Crippen LogP) is 7.19. The number of rotatable bonds is 13. The van der Waals surface area contributed by atoms with Gasteiger partial charge in [-0.1, -0.05) is 42.5 Å². The molecule has 0 radical (unpaired) electrons. The molecule has 0 aliphatic rings. The fraction of sp³-hybridized carbons (Fsp3) is 0.379. The van der Waals surface area contributed by atoms with E-state index in [1.807, 2.05) is 68.5 Å². The standard InChI is InChI=1S/C29H35F3N2O4S/c1-6-11-23(14-10-17-37-29(30,31)32)33-34-25(22-12-8-7-9-13-22)20-39-24-15-16-26(21(2)18-24)36-19-27(35)38-28(3,4)5/h6-13,15-18,23,33H,14,19-20H2,1-5H3/b11-6-,17-10+,34-25-. The molecule has 1 N–H and O–H groups in total. The molecule has 212 valence electrons. The van der Waals surface area contributed by atoms with Gasteiger partial charge in [0.15, 0.2) is 6.61 Å². The average molecular weight is 565 g/mol. The van der Waals surface area contributed by atoms with Gasteiger partial charge in [0.25, 0.3) is 0 Å². The highest BCUT2D eigenvalue weighted by Gasteiger charge is 2.28. The second-order valence-electron chi connectivity index (χ2n) is 9.45. The van der Waals surface area contributed by atoms with E-state index in [1.165, 1.54) is 6.08 Å². The van der Waals surface area contributed by atoms with Gasteiger partial charge in [0.05, 0.1) is 18.0 Å². The van der Waals surface area contributed by atoms with Crippen LogP contribution in [0.15, 0.2) is 83.0 Å². The minimum absolute atomic E-state index is 0.175. The Hall–Kier alpha value is -3.40. The second-order valence-corrected chi connectivity index (χ2v) is 10.5. The van der Waals surface area contributed by atoms with Crippen LogP contribution in [-0.2, 0) is 14.3 Å². The lowest BCUT2D eigenvalue weighted by Gasteiger charge is -2.19. The molecule has 6 nitrogen and oxygen atoms in total. The van der Waals surface area contributed by atoms with E-state index in [0.29, 0.717) is 17.8 Å². The van der Waals surface area contributed by atoms with E-state index < -0.39 is 17.9 Å². The molecule has 0 aliphatic carbocycles. The van der Waals surface area contributed by atoms with Crippen LogP contribution in [0.25, 0.3) is 0 Å². The molecule has 0 amide bonds. The Bertz CT molecular complexity index is 1140. The lowest BCUT2D eigenvalue weighted by atomic mass is 10.1. The molecule has 2 aromatic carbocycles. The van der Waals surface area contributed by atoms with E-state index in [0.717, 1.165) is 21.7 Å². The maximum Gasteiger partial charge on any atom is 0.572 e. The first kappa shape index (κ1) is 31.8. The van der Waals surface area contributed by atoms with Crippen molar-refractivity contribution in [3.63, 3.8) is 0 Å². The largest absolute Gasteiger partial charge is 0.572 e. The molecule has 0 spiro atoms. The Balaban J connectivity index is 2.07. The molecule has 0 saturated heterocycles. The number of esters is 1. The molecule has 10 heteroatoms. The van der Waals surface area contributed by atoms with Crippen molar-refractivity contribution in [2.75, 3.05) is 12.4 Å². The smallest absolute Gasteiger partial charge is 0.482 e. The van der Waals surface area contributed by atoms with Crippen molar-refractivity contribution in [3.8, 4) is 5.75 Å². The molecule has 0 fully saturated rings. The van der Waals surface area contributed by atoms with Crippen molar-refractivity contribution in [2.24, 2.45) is 5.10 Å². The van der Waals surface area contributed by atoms with E-state index >= 15 is 0 Å². The van der Waals surface area contributed by atoms with Crippen molar-refractivity contribution < 1.29 is 32.2 Å². The van der Waals surface area contributed by atoms with Crippen LogP contribution in [0.2, 0.25) is 0 Å². The summed E-state index contributed by atoms with van der Waals surface area (Å²) in [6.45, 7) is 8.96. The normalized spacial score (nSPS) is 13.5. The third kappa shape index (κ3) is 13.3. The molecule has 2 aromatic rings. The molecule has 0 saturated carbocycles. The van der Waals surface area contributed by atoms with Gasteiger partial charge in [-0.2, -0.15) is 5.10 Å². The number of nitrogens with zero attached hydrogens (tertiary/aromatic N) is 1. The molecule has 1 unspecified atom stereocenters. The van der Waals surface area contributed by atoms with Crippen molar-refractivity contribution >= 4 is 23.4 Å². The van der Waals surface area contributed by atoms with Crippen molar-refractivity contribution in [3.05, 3.63) is 84.1 Å². The van der Waals surface area contributed by atoms with E-state index in [4.69, 9.17) is 9.47 Å². The molecular weight excluding hydrogens is 529 g/mol. The first-order valence-electron chi connectivity index (χ1n) is 12.3. The number of halogens is 3. The average Bonchev–Trinajstić information content (AvgIpc) is 2.84. The molecule has 1 atom stereocenters. The van der Waals surface area contributed by atoms with E-state index in [-0.39, 0.29) is 19.1 Å². The minimum atomic E-state index is -4.71. The number of benzene rings is 2. The lowest BCUT2D eigenvalue weighted by molar-refractivity contribution is -0.298. The lowest BCUT2D eigenvalue weighted by Crippen LogP contribution is -2.27. The Labute approximate surface area is 232 Å². The topological polar surface area (TPSA) is 69.1 Å². The highest BCUT2D eigenvalue weighted by atomic mass is 32.2. The van der Waals surface area contributed by atoms with Gasteiger partial charge in [-0.25, -0.2) is 4.79 Å². The van der Waals surface area contributed by atoms with E-state index in [1.54, 1.807) is 38.6 Å². The number of carbonyl (C=O) groups is 1. The second kappa shape index (κ2) is 15.3. The zero-order valence-corrected chi connectivity index (χ0v) is 23.6. The molecule has 0 aliphatic heterocycles. The highest BCUT2D eigenvalue weighted by Crippen LogP contribution is 2.26. The number of hydrogen-bond donors (Lipinski definition) is 1. The molecule has 39 heavy (non-hydrogen) atoms. The van der Waals surface area contributed by atoms with Gasteiger partial charge in [0.2, 0.25) is 0 Å². The Kier molecular flexibility index (Phi) is 12.4. The summed E-state index contributed by atoms with van der Waals surface area (Å²) in [5.41, 5.74) is 5.04. The van der Waals surface area contributed by atoms with Gasteiger partial charge in [-0.05, 0) is 76.4 Å². The van der Waals surface area contributed by atoms with Crippen LogP contribution >= 0.6 is 11.8 Å². The highest BCUT2D eigenvalue weighted by molar-refractivity contribution is 8.00. The molecular formula is C29H35F3N2O4S. The number of aryl methyl sites for hydroxylation is 1. The summed E-state index contributed by atoms with van der Waals surface area (Å²) < 4.78 is 51.3. The minimum Gasteiger partial charge on any atom is -0.482 e. The number of carbonyl (C=O) groups excluding carboxylic acids is 1. The summed E-state index contributed by atoms with van der Waals surface area (Å²) in [4.78, 5) is 12.9. The predicted molar refractivity (Wildman–Crippen MR) is 149 cm³/mol. The fourth-order valence-corrected chi connectivity index (χ4v) is 4.20. The van der Waals surface area contributed by atoms with Crippen LogP contribution in [0, 0.1) is 6.92 Å². The number of thioether (sulfide) groups is 1. The number of alkyl halides is 3. The Morgan fingerprint density at radius 3 is 2.46 bits per heavy atom. The third-order valence-corrected chi connectivity index (χ3v) is 5.88. The van der Waals surface area contributed by atoms with Crippen molar-refractivity contribution in [1.82, 2.24) is 5.43 Å². The third-order valence-electron chi connectivity index (χ3n) is 4.87. The summed E-state index contributed by atoms with van der Waals surface area (Å²) in [6.07, 6.45) is 1.10. The van der Waals surface area contributed by atoms with Gasteiger partial charge in [-0.15, -0.1) is 24.9 Å². The summed E-state index contributed by atoms with van der Waals surface area (Å²) in [5, 5.41) is 4.60. The van der Waals surface area contributed by atoms with Gasteiger partial charge in [-0.3, -0.25) is 0 Å². The van der Waals surface area contributed by atoms with Crippen LogP contribution in [0.5, 0.6) is 5.75 Å². The van der Waals surface area contributed by atoms with Gasteiger partial charge in [0, 0.05) is 10.6 Å². The van der Waals surface area contributed by atoms with Gasteiger partial charge in [0.1, 0.15) is 11.4 Å². The van der Waals surface area contributed by atoms with Gasteiger partial charge < -0.3 is 19.6 Å². The summed E-state index contributed by atoms with van der Waals surface area (Å²) in [7, 11) is 0. The molecule has 0 bridgehead atoms. The monoisotopic (exact) mass is 564 g/mol. The van der Waals surface area contributed by atoms with Crippen molar-refractivity contribution in [1.29, 1.82) is 0 Å². The maximum absolute atomic E-state index is 12.2. The Morgan fingerprint density at radius 2 is 1.85 bits per heavy atom. The number of hydrogen-bond acceptors (Lipinski definition) is 7. The quantitative estimate of drug-likeness (QED) is 0.0694. The molecule has 0 heterocycles. The number of allylic oxidation sites excluding steroid dienone is 1. The van der Waals surface area contributed by atoms with Crippen LogP contribution in [-0.4, -0.2) is 42.0 Å². The van der Waals surface area contributed by atoms with E-state index in [9.17, 15) is 18.0 Å². The van der Waals surface area contributed by atoms with E-state index in [2.05, 4.69) is 15.3 Å². The summed E-state index contributed by atoms with van der Waals surface area (Å²) in [6, 6.07) is 15.0. The number of nitrogens with one attached hydrogen (secondary N) is 1. The maximum atomic E-state index is 12.2. The first-order chi connectivity index (χ1) is 18.4. The van der Waals surface area contributed by atoms with Crippen LogP contribution in [0.1, 0.15) is 45.2 Å². The fourth-order valence-electron chi connectivity index (χ4n) is 3.24. The zero-order valence-electron chi connectivity index (χ0n) is 22.7. The van der Waals surface area contributed by atoms with Crippen LogP contribution < -0.4 is 10.2 Å². The first-order valence-corrected chi connectivity index (χ1v) is 13.3. The van der Waals surface area contributed by atoms with Crippen LogP contribution in [0.3, 0.4) is 0 Å². The number of hydrazone groups is 1. The SMILES string of the molecule is C/C=C\C(C/C=C/OC(F)(F)F)N/N=C(/CSc1ccc(OCC(=O)OC(C)(C)C)c(C)c1)c1ccccc1. The molecule has 0 aromatic heterocycles. The summed E-state index contributed by atoms with van der Waals surface area (Å²) >= 11 is 1.57. The Morgan fingerprint density at radius 1 is 1.13 bits per heavy atom. The summed E-state index contributed by atoms with van der Waals surface area (Å²) in [5.74, 6) is 0.696. The van der Waals surface area contributed by atoms with Crippen LogP contribution in [0.4, 0.5) is 13.2 Å². The zero-order chi connectivity index (χ0) is 28.9. The molecule has 2 rings (SSSR count). The number of ether oxygens (including phenoxy) is 3.